The van der Waals surface area contributed by atoms with Gasteiger partial charge < -0.3 is 10.1 Å². The minimum absolute atomic E-state index is 0.160. The molecule has 0 amide bonds. The number of nitrogens with zero attached hydrogens (tertiary/aromatic N) is 5. The third-order valence-electron chi connectivity index (χ3n) is 5.70. The molecule has 4 heterocycles. The number of hydrogen-bond acceptors (Lipinski definition) is 7. The van der Waals surface area contributed by atoms with Gasteiger partial charge >= 0.3 is 5.97 Å². The molecular formula is C26H23ClFN7O2. The maximum atomic E-state index is 14.5. The molecule has 0 aliphatic heterocycles. The number of rotatable bonds is 9. The number of H-pyrrole nitrogens is 1. The summed E-state index contributed by atoms with van der Waals surface area (Å²) in [5.41, 5.74) is 5.14. The van der Waals surface area contributed by atoms with Crippen molar-refractivity contribution in [1.29, 1.82) is 0 Å². The standard InChI is InChI=1S/C26H23ClFN7O2/c1-2-37-25(36)14-29-7-8-35-15-17(12-32-35)16-9-24-23(30-11-16)6-5-22(33-24)20-13-31-34-26(20)19-10-18(27)3-4-21(19)28/h3-6,9-13,15,29H,2,7-8,14H2,1H3,(H,31,34). The van der Waals surface area contributed by atoms with Crippen molar-refractivity contribution >= 4 is 28.6 Å². The Bertz CT molecular complexity index is 1570. The van der Waals surface area contributed by atoms with Crippen molar-refractivity contribution in [3.63, 3.8) is 0 Å². The van der Waals surface area contributed by atoms with E-state index in [2.05, 4.69) is 25.6 Å². The quantitative estimate of drug-likeness (QED) is 0.218. The zero-order valence-corrected chi connectivity index (χ0v) is 20.7. The molecule has 0 saturated carbocycles. The fraction of sp³-hybridized carbons (Fsp3) is 0.192. The average Bonchev–Trinajstić information content (AvgIpc) is 3.58. The van der Waals surface area contributed by atoms with Crippen LogP contribution in [0, 0.1) is 5.82 Å². The predicted octanol–water partition coefficient (Wildman–Crippen LogP) is 4.50. The monoisotopic (exact) mass is 519 g/mol. The number of halogens is 2. The number of carbonyl (C=O) groups excluding carboxylic acids is 1. The molecule has 0 unspecified atom stereocenters. The lowest BCUT2D eigenvalue weighted by molar-refractivity contribution is -0.142. The zero-order valence-electron chi connectivity index (χ0n) is 19.9. The van der Waals surface area contributed by atoms with Crippen LogP contribution in [0.5, 0.6) is 0 Å². The summed E-state index contributed by atoms with van der Waals surface area (Å²) in [7, 11) is 0. The highest BCUT2D eigenvalue weighted by Crippen LogP contribution is 2.33. The van der Waals surface area contributed by atoms with Gasteiger partial charge in [0.1, 0.15) is 11.5 Å². The number of ether oxygens (including phenoxy) is 1. The largest absolute Gasteiger partial charge is 0.465 e. The van der Waals surface area contributed by atoms with Gasteiger partial charge in [-0.25, -0.2) is 9.37 Å². The van der Waals surface area contributed by atoms with Crippen molar-refractivity contribution in [3.8, 4) is 33.6 Å². The number of pyridine rings is 2. The molecule has 11 heteroatoms. The Labute approximate surface area is 216 Å². The number of hydrogen-bond donors (Lipinski definition) is 2. The molecule has 5 aromatic rings. The molecule has 37 heavy (non-hydrogen) atoms. The van der Waals surface area contributed by atoms with Crippen molar-refractivity contribution < 1.29 is 13.9 Å². The molecule has 0 aliphatic carbocycles. The predicted molar refractivity (Wildman–Crippen MR) is 138 cm³/mol. The summed E-state index contributed by atoms with van der Waals surface area (Å²) in [5, 5.41) is 14.9. The van der Waals surface area contributed by atoms with E-state index in [-0.39, 0.29) is 12.5 Å². The van der Waals surface area contributed by atoms with Gasteiger partial charge in [0, 0.05) is 52.4 Å². The molecule has 0 fully saturated rings. The van der Waals surface area contributed by atoms with E-state index < -0.39 is 5.82 Å². The van der Waals surface area contributed by atoms with Crippen LogP contribution in [0.3, 0.4) is 0 Å². The first-order valence-electron chi connectivity index (χ1n) is 11.7. The van der Waals surface area contributed by atoms with Gasteiger partial charge in [-0.15, -0.1) is 0 Å². The summed E-state index contributed by atoms with van der Waals surface area (Å²) in [5.74, 6) is -0.700. The van der Waals surface area contributed by atoms with Crippen molar-refractivity contribution in [2.75, 3.05) is 19.7 Å². The van der Waals surface area contributed by atoms with Gasteiger partial charge in [-0.3, -0.25) is 19.6 Å². The summed E-state index contributed by atoms with van der Waals surface area (Å²) < 4.78 is 21.2. The van der Waals surface area contributed by atoms with E-state index in [0.29, 0.717) is 52.8 Å². The maximum Gasteiger partial charge on any atom is 0.319 e. The van der Waals surface area contributed by atoms with E-state index >= 15 is 0 Å². The van der Waals surface area contributed by atoms with Gasteiger partial charge in [-0.2, -0.15) is 10.2 Å². The zero-order chi connectivity index (χ0) is 25.8. The van der Waals surface area contributed by atoms with E-state index in [0.717, 1.165) is 16.6 Å². The van der Waals surface area contributed by atoms with Crippen molar-refractivity contribution in [3.05, 3.63) is 72.0 Å². The Morgan fingerprint density at radius 3 is 2.89 bits per heavy atom. The summed E-state index contributed by atoms with van der Waals surface area (Å²) in [6.45, 7) is 3.46. The summed E-state index contributed by atoms with van der Waals surface area (Å²) in [4.78, 5) is 20.7. The van der Waals surface area contributed by atoms with Crippen LogP contribution in [0.1, 0.15) is 6.92 Å². The number of aromatic nitrogens is 6. The lowest BCUT2D eigenvalue weighted by atomic mass is 10.0. The smallest absolute Gasteiger partial charge is 0.319 e. The summed E-state index contributed by atoms with van der Waals surface area (Å²) in [6.07, 6.45) is 7.12. The van der Waals surface area contributed by atoms with E-state index in [1.54, 1.807) is 36.3 Å². The molecular weight excluding hydrogens is 497 g/mol. The van der Waals surface area contributed by atoms with Crippen LogP contribution >= 0.6 is 11.6 Å². The topological polar surface area (TPSA) is 111 Å². The Balaban J connectivity index is 1.36. The van der Waals surface area contributed by atoms with Crippen LogP contribution in [0.2, 0.25) is 5.02 Å². The Kier molecular flexibility index (Phi) is 7.20. The van der Waals surface area contributed by atoms with Gasteiger partial charge in [0.25, 0.3) is 0 Å². The minimum atomic E-state index is -0.421. The first kappa shape index (κ1) is 24.5. The SMILES string of the molecule is CCOC(=O)CNCCn1cc(-c2cnc3ccc(-c4c[nH]nc4-c4cc(Cl)ccc4F)nc3c2)cn1. The molecule has 9 nitrogen and oxygen atoms in total. The second-order valence-corrected chi connectivity index (χ2v) is 8.64. The van der Waals surface area contributed by atoms with Gasteiger partial charge in [-0.05, 0) is 43.3 Å². The lowest BCUT2D eigenvalue weighted by Crippen LogP contribution is -2.27. The normalized spacial score (nSPS) is 11.2. The Morgan fingerprint density at radius 2 is 2.03 bits per heavy atom. The average molecular weight is 520 g/mol. The molecule has 5 rings (SSSR count). The molecule has 0 aliphatic rings. The molecule has 0 saturated heterocycles. The van der Waals surface area contributed by atoms with Crippen LogP contribution in [0.25, 0.3) is 44.7 Å². The second kappa shape index (κ2) is 10.9. The number of benzene rings is 1. The van der Waals surface area contributed by atoms with Gasteiger partial charge in [0.2, 0.25) is 0 Å². The summed E-state index contributed by atoms with van der Waals surface area (Å²) in [6, 6.07) is 9.98. The molecule has 2 N–H and O–H groups in total. The van der Waals surface area contributed by atoms with Crippen molar-refractivity contribution in [1.82, 2.24) is 35.3 Å². The third kappa shape index (κ3) is 5.50. The van der Waals surface area contributed by atoms with Crippen LogP contribution in [-0.2, 0) is 16.1 Å². The van der Waals surface area contributed by atoms with Crippen LogP contribution in [0.15, 0.2) is 61.2 Å². The number of carbonyl (C=O) groups is 1. The number of esters is 1. The van der Waals surface area contributed by atoms with Crippen molar-refractivity contribution in [2.24, 2.45) is 0 Å². The Hall–Kier alpha value is -4.15. The highest BCUT2D eigenvalue weighted by molar-refractivity contribution is 6.30. The molecule has 0 atom stereocenters. The molecule has 0 radical (unpaired) electrons. The molecule has 1 aromatic carbocycles. The number of aromatic amines is 1. The first-order chi connectivity index (χ1) is 18.0. The van der Waals surface area contributed by atoms with Crippen LogP contribution in [0.4, 0.5) is 4.39 Å². The van der Waals surface area contributed by atoms with E-state index in [4.69, 9.17) is 21.3 Å². The third-order valence-corrected chi connectivity index (χ3v) is 5.93. The minimum Gasteiger partial charge on any atom is -0.465 e. The Morgan fingerprint density at radius 1 is 1.14 bits per heavy atom. The second-order valence-electron chi connectivity index (χ2n) is 8.20. The molecule has 0 bridgehead atoms. The van der Waals surface area contributed by atoms with E-state index in [1.807, 2.05) is 24.4 Å². The highest BCUT2D eigenvalue weighted by atomic mass is 35.5. The highest BCUT2D eigenvalue weighted by Gasteiger charge is 2.16. The fourth-order valence-corrected chi connectivity index (χ4v) is 4.09. The van der Waals surface area contributed by atoms with E-state index in [1.165, 1.54) is 12.1 Å². The fourth-order valence-electron chi connectivity index (χ4n) is 3.91. The molecule has 4 aromatic heterocycles. The molecule has 188 valence electrons. The first-order valence-corrected chi connectivity index (χ1v) is 12.0. The van der Waals surface area contributed by atoms with Crippen LogP contribution in [-0.4, -0.2) is 55.6 Å². The van der Waals surface area contributed by atoms with Gasteiger partial charge in [0.05, 0.1) is 42.6 Å². The lowest BCUT2D eigenvalue weighted by Gasteiger charge is -2.06. The number of nitrogens with one attached hydrogen (secondary N) is 2. The summed E-state index contributed by atoms with van der Waals surface area (Å²) >= 11 is 6.09. The van der Waals surface area contributed by atoms with Crippen molar-refractivity contribution in [2.45, 2.75) is 13.5 Å². The van der Waals surface area contributed by atoms with Crippen LogP contribution < -0.4 is 5.32 Å². The maximum absolute atomic E-state index is 14.5. The van der Waals surface area contributed by atoms with E-state index in [9.17, 15) is 9.18 Å². The van der Waals surface area contributed by atoms with Gasteiger partial charge in [-0.1, -0.05) is 11.6 Å². The number of fused-ring (bicyclic) bond motifs is 1. The van der Waals surface area contributed by atoms with Gasteiger partial charge in [0.15, 0.2) is 0 Å². The molecule has 0 spiro atoms.